The number of nitrogens with zero attached hydrogens (tertiary/aromatic N) is 4. The van der Waals surface area contributed by atoms with Crippen molar-refractivity contribution in [3.63, 3.8) is 0 Å². The Hall–Kier alpha value is -8.94. The Kier molecular flexibility index (Phi) is 7.15. The van der Waals surface area contributed by atoms with E-state index in [1.165, 1.54) is 21.5 Å². The minimum atomic E-state index is -0.602. The zero-order valence-corrected chi connectivity index (χ0v) is 35.2. The van der Waals surface area contributed by atoms with Crippen molar-refractivity contribution in [3.05, 3.63) is 211 Å². The van der Waals surface area contributed by atoms with E-state index in [2.05, 4.69) is 190 Å². The molecular weight excluding hydrogens is 811 g/mol. The number of hydrogen-bond donors (Lipinski definition) is 1. The first-order valence-electron chi connectivity index (χ1n) is 22.3. The van der Waals surface area contributed by atoms with E-state index < -0.39 is 6.17 Å². The van der Waals surface area contributed by atoms with Gasteiger partial charge in [0, 0.05) is 48.7 Å². The molecule has 0 bridgehead atoms. The summed E-state index contributed by atoms with van der Waals surface area (Å²) in [5.74, 6) is 1.19. The molecule has 4 aromatic heterocycles. The van der Waals surface area contributed by atoms with Crippen LogP contribution in [0.2, 0.25) is 0 Å². The van der Waals surface area contributed by atoms with Crippen LogP contribution < -0.4 is 5.32 Å². The van der Waals surface area contributed by atoms with Gasteiger partial charge in [-0.15, -0.1) is 0 Å². The number of amidine groups is 1. The molecule has 1 aliphatic heterocycles. The summed E-state index contributed by atoms with van der Waals surface area (Å²) in [6.07, 6.45) is -0.602. The molecule has 308 valence electrons. The van der Waals surface area contributed by atoms with Crippen molar-refractivity contribution in [2.75, 3.05) is 0 Å². The smallest absolute Gasteiger partial charge is 0.234 e. The molecular formula is C59H35N5O2. The van der Waals surface area contributed by atoms with Crippen LogP contribution in [0.15, 0.2) is 219 Å². The number of aromatic nitrogens is 2. The van der Waals surface area contributed by atoms with Crippen molar-refractivity contribution >= 4 is 121 Å². The molecule has 14 aromatic rings. The second-order valence-corrected chi connectivity index (χ2v) is 17.3. The van der Waals surface area contributed by atoms with Gasteiger partial charge in [-0.25, -0.2) is 4.99 Å². The second-order valence-electron chi connectivity index (χ2n) is 17.3. The van der Waals surface area contributed by atoms with Crippen molar-refractivity contribution in [1.82, 2.24) is 14.5 Å². The molecule has 1 unspecified atom stereocenters. The van der Waals surface area contributed by atoms with Gasteiger partial charge in [-0.3, -0.25) is 4.57 Å². The first-order valence-corrected chi connectivity index (χ1v) is 22.3. The van der Waals surface area contributed by atoms with Gasteiger partial charge in [-0.1, -0.05) is 140 Å². The number of benzene rings is 10. The predicted molar refractivity (Wildman–Crippen MR) is 271 cm³/mol. The van der Waals surface area contributed by atoms with E-state index in [0.29, 0.717) is 11.8 Å². The lowest BCUT2D eigenvalue weighted by molar-refractivity contribution is 0.625. The highest BCUT2D eigenvalue weighted by Crippen LogP contribution is 2.43. The number of fused-ring (bicyclic) bond motifs is 14. The van der Waals surface area contributed by atoms with Crippen molar-refractivity contribution in [2.45, 2.75) is 6.17 Å². The SMILES string of the molecule is c1ccc2cc3c(cc2c1)c1cc2ccccc2cc1n3-c1ccc2c(oc3ccccc32)c1C1=NC(n2c3ccccc3c3ccccc32)=NC(c2cccc3c2oc2ccccc23)N1. The van der Waals surface area contributed by atoms with Crippen LogP contribution in [0.25, 0.3) is 115 Å². The van der Waals surface area contributed by atoms with Gasteiger partial charge in [0.2, 0.25) is 5.96 Å². The summed E-state index contributed by atoms with van der Waals surface area (Å²) in [4.78, 5) is 11.2. The molecule has 15 rings (SSSR count). The molecule has 1 atom stereocenters. The Morgan fingerprint density at radius 3 is 1.52 bits per heavy atom. The summed E-state index contributed by atoms with van der Waals surface area (Å²) in [5.41, 5.74) is 10.0. The van der Waals surface area contributed by atoms with Gasteiger partial charge in [0.1, 0.15) is 28.2 Å². The van der Waals surface area contributed by atoms with Crippen LogP contribution in [0.3, 0.4) is 0 Å². The van der Waals surface area contributed by atoms with E-state index in [4.69, 9.17) is 18.8 Å². The van der Waals surface area contributed by atoms with E-state index in [9.17, 15) is 0 Å². The maximum atomic E-state index is 7.06. The fourth-order valence-corrected chi connectivity index (χ4v) is 10.8. The maximum absolute atomic E-state index is 7.06. The maximum Gasteiger partial charge on any atom is 0.234 e. The number of nitrogens with one attached hydrogen (secondary N) is 1. The van der Waals surface area contributed by atoms with Gasteiger partial charge >= 0.3 is 0 Å². The molecule has 10 aromatic carbocycles. The number of hydrogen-bond acceptors (Lipinski definition) is 5. The predicted octanol–water partition coefficient (Wildman–Crippen LogP) is 14.9. The Labute approximate surface area is 375 Å². The van der Waals surface area contributed by atoms with Crippen LogP contribution in [-0.4, -0.2) is 20.9 Å². The number of aliphatic imine (C=N–C) groups is 2. The normalized spacial score (nSPS) is 14.5. The lowest BCUT2D eigenvalue weighted by atomic mass is 10.0. The minimum absolute atomic E-state index is 0.553. The van der Waals surface area contributed by atoms with Crippen LogP contribution >= 0.6 is 0 Å². The molecule has 7 heteroatoms. The number of furan rings is 2. The summed E-state index contributed by atoms with van der Waals surface area (Å²) in [6.45, 7) is 0. The highest BCUT2D eigenvalue weighted by atomic mass is 16.3. The minimum Gasteiger partial charge on any atom is -0.456 e. The quantitative estimate of drug-likeness (QED) is 0.192. The molecule has 0 fully saturated rings. The van der Waals surface area contributed by atoms with Crippen molar-refractivity contribution in [3.8, 4) is 5.69 Å². The third-order valence-electron chi connectivity index (χ3n) is 13.7. The summed E-state index contributed by atoms with van der Waals surface area (Å²) >= 11 is 0. The fourth-order valence-electron chi connectivity index (χ4n) is 10.8. The van der Waals surface area contributed by atoms with Crippen LogP contribution in [0.1, 0.15) is 17.3 Å². The van der Waals surface area contributed by atoms with E-state index in [1.54, 1.807) is 0 Å². The monoisotopic (exact) mass is 845 g/mol. The summed E-state index contributed by atoms with van der Waals surface area (Å²) in [7, 11) is 0. The highest BCUT2D eigenvalue weighted by Gasteiger charge is 2.31. The zero-order chi connectivity index (χ0) is 43.0. The number of rotatable bonds is 3. The van der Waals surface area contributed by atoms with Crippen LogP contribution in [0.4, 0.5) is 0 Å². The first kappa shape index (κ1) is 35.5. The average Bonchev–Trinajstić information content (AvgIpc) is 4.12. The Bertz CT molecular complexity index is 4320. The van der Waals surface area contributed by atoms with E-state index >= 15 is 0 Å². The van der Waals surface area contributed by atoms with Gasteiger partial charge in [0.05, 0.1) is 33.3 Å². The molecule has 1 N–H and O–H groups in total. The van der Waals surface area contributed by atoms with Gasteiger partial charge in [-0.05, 0) is 82.2 Å². The molecule has 0 spiro atoms. The Balaban J connectivity index is 1.08. The molecule has 1 aliphatic rings. The lowest BCUT2D eigenvalue weighted by Gasteiger charge is -2.26. The van der Waals surface area contributed by atoms with Crippen molar-refractivity contribution < 1.29 is 8.83 Å². The third-order valence-corrected chi connectivity index (χ3v) is 13.7. The Morgan fingerprint density at radius 1 is 0.394 bits per heavy atom. The standard InChI is InChI=1S/C59H35N5O2/c1-3-16-36-32-50-45(30-34(36)14-1)46-31-35-15-2-4-17-37(35)33-51(46)63(50)49-29-28-43-41-21-8-12-27-53(41)66-56(43)54(49)58-60-57(44-23-13-22-42-40-20-7-11-26-52(40)65-55(42)44)61-59(62-58)64-47-24-9-5-18-38(47)39-19-6-10-25-48(39)64/h1-33,57H,(H,60,61,62). The van der Waals surface area contributed by atoms with Crippen molar-refractivity contribution in [1.29, 1.82) is 0 Å². The third kappa shape index (κ3) is 4.96. The zero-order valence-electron chi connectivity index (χ0n) is 35.2. The van der Waals surface area contributed by atoms with Gasteiger partial charge in [0.15, 0.2) is 6.17 Å². The summed E-state index contributed by atoms with van der Waals surface area (Å²) < 4.78 is 18.4. The highest BCUT2D eigenvalue weighted by molar-refractivity contribution is 6.24. The van der Waals surface area contributed by atoms with Gasteiger partial charge in [0.25, 0.3) is 0 Å². The van der Waals surface area contributed by atoms with Gasteiger partial charge in [-0.2, -0.15) is 4.99 Å². The topological polar surface area (TPSA) is 72.9 Å². The molecule has 5 heterocycles. The molecule has 66 heavy (non-hydrogen) atoms. The van der Waals surface area contributed by atoms with Crippen LogP contribution in [-0.2, 0) is 0 Å². The number of para-hydroxylation sites is 5. The molecule has 0 saturated carbocycles. The molecule has 7 nitrogen and oxygen atoms in total. The Morgan fingerprint density at radius 2 is 0.894 bits per heavy atom. The lowest BCUT2D eigenvalue weighted by Crippen LogP contribution is -2.35. The van der Waals surface area contributed by atoms with Crippen LogP contribution in [0.5, 0.6) is 0 Å². The molecule has 0 saturated heterocycles. The van der Waals surface area contributed by atoms with E-state index in [-0.39, 0.29) is 0 Å². The van der Waals surface area contributed by atoms with Crippen LogP contribution in [0, 0.1) is 0 Å². The first-order chi connectivity index (χ1) is 32.7. The second kappa shape index (κ2) is 13.3. The van der Waals surface area contributed by atoms with Gasteiger partial charge < -0.3 is 18.7 Å². The van der Waals surface area contributed by atoms with Crippen molar-refractivity contribution in [2.24, 2.45) is 9.98 Å². The molecule has 0 amide bonds. The van der Waals surface area contributed by atoms with E-state index in [0.717, 1.165) is 104 Å². The fraction of sp³-hybridized carbons (Fsp3) is 0.0169. The molecule has 0 radical (unpaired) electrons. The summed E-state index contributed by atoms with van der Waals surface area (Å²) in [5, 5.41) is 17.4. The average molecular weight is 846 g/mol. The molecule has 0 aliphatic carbocycles. The summed E-state index contributed by atoms with van der Waals surface area (Å²) in [6, 6.07) is 70.9. The largest absolute Gasteiger partial charge is 0.456 e. The van der Waals surface area contributed by atoms with E-state index in [1.807, 2.05) is 24.3 Å².